The van der Waals surface area contributed by atoms with Gasteiger partial charge in [-0.3, -0.25) is 4.79 Å². The first-order valence-corrected chi connectivity index (χ1v) is 11.5. The van der Waals surface area contributed by atoms with Gasteiger partial charge in [0.2, 0.25) is 5.91 Å². The summed E-state index contributed by atoms with van der Waals surface area (Å²) < 4.78 is 1.86. The Morgan fingerprint density at radius 3 is 2.11 bits per heavy atom. The van der Waals surface area contributed by atoms with Gasteiger partial charge >= 0.3 is 5.97 Å². The molecule has 176 valence electrons. The molecular formula is C28H25N3O4. The molecule has 0 aliphatic carbocycles. The summed E-state index contributed by atoms with van der Waals surface area (Å²) in [6, 6.07) is 24.9. The molecule has 3 aromatic carbocycles. The van der Waals surface area contributed by atoms with Gasteiger partial charge in [0.15, 0.2) is 0 Å². The molecule has 0 saturated carbocycles. The van der Waals surface area contributed by atoms with Crippen LogP contribution in [0.1, 0.15) is 34.0 Å². The summed E-state index contributed by atoms with van der Waals surface area (Å²) in [4.78, 5) is 32.3. The summed E-state index contributed by atoms with van der Waals surface area (Å²) in [5.41, 5.74) is 3.77. The van der Waals surface area contributed by atoms with E-state index in [0.29, 0.717) is 17.8 Å². The van der Waals surface area contributed by atoms with Gasteiger partial charge in [0, 0.05) is 17.7 Å². The van der Waals surface area contributed by atoms with Crippen molar-refractivity contribution in [2.75, 3.05) is 0 Å². The molecule has 0 radical (unpaired) electrons. The number of amides is 1. The molecule has 5 rings (SSSR count). The minimum Gasteiger partial charge on any atom is -0.508 e. The summed E-state index contributed by atoms with van der Waals surface area (Å²) in [7, 11) is 0. The number of rotatable bonds is 6. The average Bonchev–Trinajstić information content (AvgIpc) is 3.27. The predicted octanol–water partition coefficient (Wildman–Crippen LogP) is 3.81. The van der Waals surface area contributed by atoms with Gasteiger partial charge in [-0.15, -0.1) is 0 Å². The van der Waals surface area contributed by atoms with E-state index in [1.54, 1.807) is 18.5 Å². The maximum atomic E-state index is 14.0. The normalized spacial score (nSPS) is 15.1. The number of para-hydroxylation sites is 1. The zero-order valence-electron chi connectivity index (χ0n) is 19.0. The summed E-state index contributed by atoms with van der Waals surface area (Å²) in [6.45, 7) is 0.473. The number of carboxylic acid groups (broad SMARTS) is 1. The molecule has 0 fully saturated rings. The molecule has 2 N–H and O–H groups in total. The Hall–Kier alpha value is -4.39. The zero-order chi connectivity index (χ0) is 24.4. The number of hydrogen-bond acceptors (Lipinski definition) is 4. The molecule has 2 heterocycles. The lowest BCUT2D eigenvalue weighted by Gasteiger charge is -2.35. The number of hydrogen-bond donors (Lipinski definition) is 2. The fourth-order valence-electron chi connectivity index (χ4n) is 4.73. The van der Waals surface area contributed by atoms with E-state index in [0.717, 1.165) is 16.8 Å². The second-order valence-electron chi connectivity index (χ2n) is 8.67. The van der Waals surface area contributed by atoms with Crippen LogP contribution in [0.5, 0.6) is 5.75 Å². The second-order valence-corrected chi connectivity index (χ2v) is 8.67. The SMILES string of the molecule is O=C(O)C1Cc2c(ncn2Cc2ccccc2O)CN1C(=O)C(c1ccccc1)c1ccccc1. The zero-order valence-corrected chi connectivity index (χ0v) is 19.0. The highest BCUT2D eigenvalue weighted by Crippen LogP contribution is 2.32. The fourth-order valence-corrected chi connectivity index (χ4v) is 4.73. The highest BCUT2D eigenvalue weighted by Gasteiger charge is 2.40. The van der Waals surface area contributed by atoms with Crippen molar-refractivity contribution in [3.8, 4) is 5.75 Å². The van der Waals surface area contributed by atoms with Crippen LogP contribution in [0.15, 0.2) is 91.3 Å². The maximum Gasteiger partial charge on any atom is 0.326 e. The number of aromatic hydroxyl groups is 1. The number of fused-ring (bicyclic) bond motifs is 1. The van der Waals surface area contributed by atoms with Gasteiger partial charge in [-0.05, 0) is 17.2 Å². The Morgan fingerprint density at radius 2 is 1.51 bits per heavy atom. The van der Waals surface area contributed by atoms with E-state index in [-0.39, 0.29) is 24.6 Å². The van der Waals surface area contributed by atoms with E-state index in [4.69, 9.17) is 0 Å². The molecule has 1 aliphatic rings. The van der Waals surface area contributed by atoms with Crippen LogP contribution in [-0.2, 0) is 29.1 Å². The first-order valence-electron chi connectivity index (χ1n) is 11.5. The van der Waals surface area contributed by atoms with E-state index >= 15 is 0 Å². The standard InChI is InChI=1S/C28H25N3O4/c32-25-14-8-7-13-21(25)16-30-18-29-22-17-31(24(28(34)35)15-23(22)30)27(33)26(19-9-3-1-4-10-19)20-11-5-2-6-12-20/h1-14,18,24,26,32H,15-17H2,(H,34,35). The van der Waals surface area contributed by atoms with Crippen molar-refractivity contribution in [3.05, 3.63) is 119 Å². The molecule has 4 aromatic rings. The molecular weight excluding hydrogens is 442 g/mol. The van der Waals surface area contributed by atoms with Crippen LogP contribution in [0.3, 0.4) is 0 Å². The Bertz CT molecular complexity index is 1310. The third kappa shape index (κ3) is 4.40. The Kier molecular flexibility index (Phi) is 6.06. The molecule has 7 nitrogen and oxygen atoms in total. The van der Waals surface area contributed by atoms with Crippen LogP contribution in [0.4, 0.5) is 0 Å². The number of nitrogens with zero attached hydrogens (tertiary/aromatic N) is 3. The summed E-state index contributed by atoms with van der Waals surface area (Å²) in [6.07, 6.45) is 1.79. The maximum absolute atomic E-state index is 14.0. The number of aliphatic carboxylic acids is 1. The lowest BCUT2D eigenvalue weighted by molar-refractivity contribution is -0.151. The number of carbonyl (C=O) groups is 2. The molecule has 0 saturated heterocycles. The highest BCUT2D eigenvalue weighted by molar-refractivity contribution is 5.91. The number of phenolic OH excluding ortho intramolecular Hbond substituents is 1. The molecule has 1 unspecified atom stereocenters. The van der Waals surface area contributed by atoms with Crippen molar-refractivity contribution in [1.29, 1.82) is 0 Å². The number of benzene rings is 3. The van der Waals surface area contributed by atoms with Crippen molar-refractivity contribution >= 4 is 11.9 Å². The predicted molar refractivity (Wildman–Crippen MR) is 130 cm³/mol. The van der Waals surface area contributed by atoms with Crippen molar-refractivity contribution in [2.24, 2.45) is 0 Å². The van der Waals surface area contributed by atoms with E-state index in [2.05, 4.69) is 4.98 Å². The largest absolute Gasteiger partial charge is 0.508 e. The molecule has 7 heteroatoms. The van der Waals surface area contributed by atoms with Crippen LogP contribution < -0.4 is 0 Å². The molecule has 1 aromatic heterocycles. The molecule has 0 spiro atoms. The van der Waals surface area contributed by atoms with Gasteiger partial charge in [0.1, 0.15) is 11.8 Å². The van der Waals surface area contributed by atoms with Crippen LogP contribution in [0.2, 0.25) is 0 Å². The number of phenols is 1. The molecule has 0 bridgehead atoms. The molecule has 1 aliphatic heterocycles. The van der Waals surface area contributed by atoms with Crippen LogP contribution in [0, 0.1) is 0 Å². The van der Waals surface area contributed by atoms with E-state index in [9.17, 15) is 19.8 Å². The van der Waals surface area contributed by atoms with Gasteiger partial charge < -0.3 is 19.7 Å². The number of imidazole rings is 1. The lowest BCUT2D eigenvalue weighted by atomic mass is 9.88. The van der Waals surface area contributed by atoms with E-state index in [1.807, 2.05) is 77.4 Å². The number of aromatic nitrogens is 2. The third-order valence-electron chi connectivity index (χ3n) is 6.53. The van der Waals surface area contributed by atoms with Gasteiger partial charge in [-0.1, -0.05) is 78.9 Å². The van der Waals surface area contributed by atoms with Crippen molar-refractivity contribution in [3.63, 3.8) is 0 Å². The van der Waals surface area contributed by atoms with E-state index in [1.165, 1.54) is 4.90 Å². The third-order valence-corrected chi connectivity index (χ3v) is 6.53. The summed E-state index contributed by atoms with van der Waals surface area (Å²) in [5, 5.41) is 20.3. The fraction of sp³-hybridized carbons (Fsp3) is 0.179. The number of carboxylic acids is 1. The lowest BCUT2D eigenvalue weighted by Crippen LogP contribution is -2.50. The van der Waals surface area contributed by atoms with Crippen LogP contribution >= 0.6 is 0 Å². The Morgan fingerprint density at radius 1 is 0.914 bits per heavy atom. The first kappa shape index (κ1) is 22.4. The molecule has 1 amide bonds. The molecule has 35 heavy (non-hydrogen) atoms. The molecule has 1 atom stereocenters. The van der Waals surface area contributed by atoms with Crippen molar-refractivity contribution in [2.45, 2.75) is 31.5 Å². The Balaban J connectivity index is 1.50. The highest BCUT2D eigenvalue weighted by atomic mass is 16.4. The van der Waals surface area contributed by atoms with Gasteiger partial charge in [-0.2, -0.15) is 0 Å². The number of carbonyl (C=O) groups excluding carboxylic acids is 1. The van der Waals surface area contributed by atoms with Crippen molar-refractivity contribution in [1.82, 2.24) is 14.5 Å². The summed E-state index contributed by atoms with van der Waals surface area (Å²) >= 11 is 0. The average molecular weight is 468 g/mol. The Labute approximate surface area is 202 Å². The summed E-state index contributed by atoms with van der Waals surface area (Å²) in [5.74, 6) is -1.77. The first-order chi connectivity index (χ1) is 17.0. The monoisotopic (exact) mass is 467 g/mol. The minimum atomic E-state index is -1.06. The second kappa shape index (κ2) is 9.46. The van der Waals surface area contributed by atoms with Crippen LogP contribution in [0.25, 0.3) is 0 Å². The van der Waals surface area contributed by atoms with E-state index < -0.39 is 17.9 Å². The minimum absolute atomic E-state index is 0.106. The quantitative estimate of drug-likeness (QED) is 0.450. The van der Waals surface area contributed by atoms with Gasteiger partial charge in [0.05, 0.1) is 31.0 Å². The van der Waals surface area contributed by atoms with Crippen LogP contribution in [-0.4, -0.2) is 42.6 Å². The smallest absolute Gasteiger partial charge is 0.326 e. The van der Waals surface area contributed by atoms with Crippen molar-refractivity contribution < 1.29 is 19.8 Å². The van der Waals surface area contributed by atoms with Gasteiger partial charge in [0.25, 0.3) is 0 Å². The topological polar surface area (TPSA) is 95.7 Å². The van der Waals surface area contributed by atoms with Gasteiger partial charge in [-0.25, -0.2) is 9.78 Å².